The maximum absolute atomic E-state index is 3.94. The third kappa shape index (κ3) is 4.02. The van der Waals surface area contributed by atoms with Gasteiger partial charge in [0.25, 0.3) is 0 Å². The van der Waals surface area contributed by atoms with Crippen LogP contribution in [0.3, 0.4) is 0 Å². The van der Waals surface area contributed by atoms with E-state index in [4.69, 9.17) is 0 Å². The molecule has 2 heterocycles. The van der Waals surface area contributed by atoms with E-state index in [0.29, 0.717) is 12.1 Å². The number of hydrogen-bond acceptors (Lipinski definition) is 3. The van der Waals surface area contributed by atoms with Crippen molar-refractivity contribution in [3.8, 4) is 0 Å². The summed E-state index contributed by atoms with van der Waals surface area (Å²) in [5.74, 6) is 2.41. The Morgan fingerprint density at radius 3 is 2.86 bits per heavy atom. The summed E-state index contributed by atoms with van der Waals surface area (Å²) in [7, 11) is 0. The van der Waals surface area contributed by atoms with Gasteiger partial charge in [-0.15, -0.1) is 0 Å². The average Bonchev–Trinajstić information content (AvgIpc) is 2.55. The lowest BCUT2D eigenvalue weighted by Crippen LogP contribution is -2.44. The van der Waals surface area contributed by atoms with Crippen LogP contribution >= 0.6 is 11.8 Å². The largest absolute Gasteiger partial charge is 0.306 e. The van der Waals surface area contributed by atoms with Crippen LogP contribution in [0.2, 0.25) is 0 Å². The molecule has 1 atom stereocenters. The molecular formula is C18H28N2S. The lowest BCUT2D eigenvalue weighted by atomic mass is 9.98. The minimum Gasteiger partial charge on any atom is -0.306 e. The van der Waals surface area contributed by atoms with Crippen molar-refractivity contribution in [1.29, 1.82) is 0 Å². The van der Waals surface area contributed by atoms with E-state index in [-0.39, 0.29) is 0 Å². The molecule has 0 spiro atoms. The number of hydrogen-bond donors (Lipinski definition) is 1. The molecule has 2 aliphatic rings. The Morgan fingerprint density at radius 1 is 1.24 bits per heavy atom. The standard InChI is InChI=1S/C18H28N2S/c1-2-3-10-20-11-8-16(9-12-20)19-18-14-21-13-15-6-4-5-7-17(15)18/h4-7,16,18-19H,2-3,8-14H2,1H3. The van der Waals surface area contributed by atoms with Crippen molar-refractivity contribution in [3.63, 3.8) is 0 Å². The number of rotatable bonds is 5. The second-order valence-corrected chi connectivity index (χ2v) is 7.43. The third-order valence-corrected chi connectivity index (χ3v) is 5.91. The van der Waals surface area contributed by atoms with E-state index >= 15 is 0 Å². The van der Waals surface area contributed by atoms with Crippen LogP contribution in [-0.4, -0.2) is 36.3 Å². The SMILES string of the molecule is CCCCN1CCC(NC2CSCc3ccccc32)CC1. The summed E-state index contributed by atoms with van der Waals surface area (Å²) >= 11 is 2.07. The summed E-state index contributed by atoms with van der Waals surface area (Å²) in [6.07, 6.45) is 5.29. The fourth-order valence-corrected chi connectivity index (χ4v) is 4.62. The maximum Gasteiger partial charge on any atom is 0.0417 e. The first-order chi connectivity index (χ1) is 10.4. The number of likely N-dealkylation sites (tertiary alicyclic amines) is 1. The van der Waals surface area contributed by atoms with Crippen molar-refractivity contribution < 1.29 is 0 Å². The van der Waals surface area contributed by atoms with Crippen molar-refractivity contribution in [2.24, 2.45) is 0 Å². The quantitative estimate of drug-likeness (QED) is 0.890. The molecule has 116 valence electrons. The highest BCUT2D eigenvalue weighted by Crippen LogP contribution is 2.32. The maximum atomic E-state index is 3.94. The van der Waals surface area contributed by atoms with Gasteiger partial charge in [-0.3, -0.25) is 0 Å². The first kappa shape index (κ1) is 15.4. The van der Waals surface area contributed by atoms with Gasteiger partial charge in [0.1, 0.15) is 0 Å². The summed E-state index contributed by atoms with van der Waals surface area (Å²) < 4.78 is 0. The van der Waals surface area contributed by atoms with Gasteiger partial charge in [-0.05, 0) is 50.0 Å². The molecule has 2 aliphatic heterocycles. The van der Waals surface area contributed by atoms with E-state index in [9.17, 15) is 0 Å². The molecule has 0 bridgehead atoms. The van der Waals surface area contributed by atoms with E-state index in [1.165, 1.54) is 62.4 Å². The van der Waals surface area contributed by atoms with Crippen molar-refractivity contribution in [2.45, 2.75) is 50.4 Å². The zero-order chi connectivity index (χ0) is 14.5. The fourth-order valence-electron chi connectivity index (χ4n) is 3.51. The molecule has 1 N–H and O–H groups in total. The molecule has 21 heavy (non-hydrogen) atoms. The second-order valence-electron chi connectivity index (χ2n) is 6.40. The van der Waals surface area contributed by atoms with Gasteiger partial charge < -0.3 is 10.2 Å². The van der Waals surface area contributed by atoms with E-state index in [1.54, 1.807) is 5.56 Å². The smallest absolute Gasteiger partial charge is 0.0417 e. The number of piperidine rings is 1. The number of nitrogens with zero attached hydrogens (tertiary/aromatic N) is 1. The molecule has 0 saturated carbocycles. The molecule has 1 aromatic rings. The van der Waals surface area contributed by atoms with Crippen molar-refractivity contribution in [2.75, 3.05) is 25.4 Å². The first-order valence-electron chi connectivity index (χ1n) is 8.50. The predicted molar refractivity (Wildman–Crippen MR) is 92.9 cm³/mol. The lowest BCUT2D eigenvalue weighted by molar-refractivity contribution is 0.190. The van der Waals surface area contributed by atoms with E-state index in [0.717, 1.165) is 0 Å². The van der Waals surface area contributed by atoms with Crippen LogP contribution in [0.5, 0.6) is 0 Å². The van der Waals surface area contributed by atoms with Gasteiger partial charge in [-0.25, -0.2) is 0 Å². The first-order valence-corrected chi connectivity index (χ1v) is 9.66. The number of benzene rings is 1. The number of thioether (sulfide) groups is 1. The van der Waals surface area contributed by atoms with E-state index in [2.05, 4.69) is 53.2 Å². The molecule has 2 nitrogen and oxygen atoms in total. The summed E-state index contributed by atoms with van der Waals surface area (Å²) in [4.78, 5) is 2.64. The Kier molecular flexibility index (Phi) is 5.61. The van der Waals surface area contributed by atoms with Crippen molar-refractivity contribution in [1.82, 2.24) is 10.2 Å². The number of nitrogens with one attached hydrogen (secondary N) is 1. The van der Waals surface area contributed by atoms with Crippen LogP contribution in [0.1, 0.15) is 49.8 Å². The van der Waals surface area contributed by atoms with Crippen LogP contribution in [0.15, 0.2) is 24.3 Å². The minimum absolute atomic E-state index is 0.562. The van der Waals surface area contributed by atoms with E-state index in [1.807, 2.05) is 0 Å². The van der Waals surface area contributed by atoms with Crippen LogP contribution < -0.4 is 5.32 Å². The summed E-state index contributed by atoms with van der Waals surface area (Å²) in [6, 6.07) is 10.3. The zero-order valence-corrected chi connectivity index (χ0v) is 14.0. The van der Waals surface area contributed by atoms with Crippen molar-refractivity contribution in [3.05, 3.63) is 35.4 Å². The Balaban J connectivity index is 1.52. The van der Waals surface area contributed by atoms with Crippen molar-refractivity contribution >= 4 is 11.8 Å². The molecule has 0 radical (unpaired) electrons. The highest BCUT2D eigenvalue weighted by atomic mass is 32.2. The number of unbranched alkanes of at least 4 members (excludes halogenated alkanes) is 1. The molecule has 1 unspecified atom stereocenters. The van der Waals surface area contributed by atoms with Gasteiger partial charge in [0.15, 0.2) is 0 Å². The van der Waals surface area contributed by atoms with Crippen LogP contribution in [0.25, 0.3) is 0 Å². The summed E-state index contributed by atoms with van der Waals surface area (Å²) in [5, 5.41) is 3.94. The minimum atomic E-state index is 0.562. The van der Waals surface area contributed by atoms with Gasteiger partial charge in [0, 0.05) is 23.6 Å². The molecular weight excluding hydrogens is 276 g/mol. The van der Waals surface area contributed by atoms with Gasteiger partial charge in [-0.1, -0.05) is 37.6 Å². The van der Waals surface area contributed by atoms with Gasteiger partial charge in [-0.2, -0.15) is 11.8 Å². The average molecular weight is 305 g/mol. The Labute approximate surface area is 133 Å². The fraction of sp³-hybridized carbons (Fsp3) is 0.667. The predicted octanol–water partition coefficient (Wildman–Crippen LogP) is 3.83. The zero-order valence-electron chi connectivity index (χ0n) is 13.2. The molecule has 1 aromatic carbocycles. The van der Waals surface area contributed by atoms with Gasteiger partial charge >= 0.3 is 0 Å². The third-order valence-electron chi connectivity index (χ3n) is 4.82. The second kappa shape index (κ2) is 7.66. The highest BCUT2D eigenvalue weighted by molar-refractivity contribution is 7.98. The normalized spacial score (nSPS) is 24.0. The molecule has 3 heteroatoms. The van der Waals surface area contributed by atoms with Crippen LogP contribution in [0.4, 0.5) is 0 Å². The molecule has 0 aliphatic carbocycles. The molecule has 0 amide bonds. The molecule has 0 aromatic heterocycles. The topological polar surface area (TPSA) is 15.3 Å². The summed E-state index contributed by atoms with van der Waals surface area (Å²) in [5.41, 5.74) is 3.08. The molecule has 3 rings (SSSR count). The number of fused-ring (bicyclic) bond motifs is 1. The van der Waals surface area contributed by atoms with E-state index < -0.39 is 0 Å². The molecule has 1 saturated heterocycles. The molecule has 1 fully saturated rings. The van der Waals surface area contributed by atoms with Gasteiger partial charge in [0.05, 0.1) is 0 Å². The Morgan fingerprint density at radius 2 is 2.05 bits per heavy atom. The summed E-state index contributed by atoms with van der Waals surface area (Å²) in [6.45, 7) is 6.14. The Bertz CT molecular complexity index is 441. The van der Waals surface area contributed by atoms with Crippen LogP contribution in [0, 0.1) is 0 Å². The highest BCUT2D eigenvalue weighted by Gasteiger charge is 2.25. The van der Waals surface area contributed by atoms with Crippen LogP contribution in [-0.2, 0) is 5.75 Å². The lowest BCUT2D eigenvalue weighted by Gasteiger charge is -2.36. The van der Waals surface area contributed by atoms with Gasteiger partial charge in [0.2, 0.25) is 0 Å². The Hall–Kier alpha value is -0.510. The monoisotopic (exact) mass is 304 g/mol.